The molecule has 0 aliphatic carbocycles. The summed E-state index contributed by atoms with van der Waals surface area (Å²) in [4.78, 5) is 2.13. The predicted molar refractivity (Wildman–Crippen MR) is 58.4 cm³/mol. The zero-order chi connectivity index (χ0) is 9.26. The smallest absolute Gasteiger partial charge is 0.209 e. The van der Waals surface area contributed by atoms with Crippen molar-refractivity contribution in [1.82, 2.24) is 10.2 Å². The Morgan fingerprint density at radius 1 is 1.54 bits per heavy atom. The lowest BCUT2D eigenvalue weighted by molar-refractivity contribution is 0.799. The maximum atomic E-state index is 5.93. The van der Waals surface area contributed by atoms with Crippen molar-refractivity contribution in [3.05, 3.63) is 15.0 Å². The van der Waals surface area contributed by atoms with Crippen LogP contribution < -0.4 is 4.90 Å². The van der Waals surface area contributed by atoms with Crippen LogP contribution in [-0.2, 0) is 0 Å². The molecule has 0 radical (unpaired) electrons. The highest BCUT2D eigenvalue weighted by atomic mass is 79.9. The molecule has 1 aromatic rings. The lowest BCUT2D eigenvalue weighted by Gasteiger charge is -2.23. The summed E-state index contributed by atoms with van der Waals surface area (Å²) in [5, 5.41) is 9.75. The molecule has 3 nitrogen and oxygen atoms in total. The van der Waals surface area contributed by atoms with Crippen LogP contribution in [0.1, 0.15) is 6.42 Å². The molecule has 0 spiro atoms. The molecule has 0 saturated carbocycles. The molecule has 0 unspecified atom stereocenters. The molecule has 6 heteroatoms. The summed E-state index contributed by atoms with van der Waals surface area (Å²) in [6, 6.07) is 0. The average Bonchev–Trinajstić information content (AvgIpc) is 2.52. The molecule has 0 N–H and O–H groups in total. The van der Waals surface area contributed by atoms with Crippen LogP contribution in [-0.4, -0.2) is 23.3 Å². The lowest BCUT2D eigenvalue weighted by atomic mass is 10.3. The summed E-state index contributed by atoms with van der Waals surface area (Å²) in [6.07, 6.45) is 3.03. The van der Waals surface area contributed by atoms with Crippen molar-refractivity contribution in [3.8, 4) is 0 Å². The molecule has 1 aliphatic rings. The van der Waals surface area contributed by atoms with Crippen LogP contribution in [0.5, 0.6) is 0 Å². The van der Waals surface area contributed by atoms with Gasteiger partial charge in [-0.3, -0.25) is 0 Å². The van der Waals surface area contributed by atoms with Crippen molar-refractivity contribution in [3.63, 3.8) is 0 Å². The number of aromatic nitrogens is 2. The van der Waals surface area contributed by atoms with Gasteiger partial charge in [0.1, 0.15) is 0 Å². The summed E-state index contributed by atoms with van der Waals surface area (Å²) in [6.45, 7) is 1.72. The third kappa shape index (κ3) is 2.21. The normalized spacial score (nSPS) is 17.4. The molecular formula is C7H7BrClN3S. The zero-order valence-corrected chi connectivity index (χ0v) is 9.86. The standard InChI is InChI=1S/C7H7BrClN3S/c8-6-10-11-7(13-6)12-3-1-2-5(9)4-12/h2H,1,3-4H2. The molecule has 0 saturated heterocycles. The number of nitrogens with zero attached hydrogens (tertiary/aromatic N) is 3. The summed E-state index contributed by atoms with van der Waals surface area (Å²) >= 11 is 10.7. The molecule has 1 aromatic heterocycles. The Labute approximate surface area is 93.5 Å². The van der Waals surface area contributed by atoms with Gasteiger partial charge in [-0.15, -0.1) is 10.2 Å². The largest absolute Gasteiger partial charge is 0.341 e. The van der Waals surface area contributed by atoms with E-state index in [1.165, 1.54) is 11.3 Å². The molecule has 0 fully saturated rings. The Kier molecular flexibility index (Phi) is 2.86. The molecule has 0 atom stereocenters. The highest BCUT2D eigenvalue weighted by Gasteiger charge is 2.15. The Hall–Kier alpha value is -0.130. The first kappa shape index (κ1) is 9.43. The van der Waals surface area contributed by atoms with Crippen molar-refractivity contribution in [1.29, 1.82) is 0 Å². The quantitative estimate of drug-likeness (QED) is 0.792. The van der Waals surface area contributed by atoms with Gasteiger partial charge < -0.3 is 4.90 Å². The van der Waals surface area contributed by atoms with Crippen LogP contribution in [0.25, 0.3) is 0 Å². The monoisotopic (exact) mass is 279 g/mol. The third-order valence-corrected chi connectivity index (χ3v) is 3.46. The van der Waals surface area contributed by atoms with E-state index in [1.54, 1.807) is 0 Å². The SMILES string of the molecule is ClC1=CCCN(c2nnc(Br)s2)C1. The van der Waals surface area contributed by atoms with Crippen molar-refractivity contribution in [2.45, 2.75) is 6.42 Å². The maximum absolute atomic E-state index is 5.93. The van der Waals surface area contributed by atoms with Crippen LogP contribution in [0.3, 0.4) is 0 Å². The van der Waals surface area contributed by atoms with E-state index in [2.05, 4.69) is 31.0 Å². The summed E-state index contributed by atoms with van der Waals surface area (Å²) in [5.74, 6) is 0. The second kappa shape index (κ2) is 3.94. The van der Waals surface area contributed by atoms with Crippen LogP contribution in [0.15, 0.2) is 15.0 Å². The number of hydrogen-bond acceptors (Lipinski definition) is 4. The van der Waals surface area contributed by atoms with Gasteiger partial charge in [-0.1, -0.05) is 29.0 Å². The van der Waals surface area contributed by atoms with E-state index in [1.807, 2.05) is 6.08 Å². The summed E-state index contributed by atoms with van der Waals surface area (Å²) in [7, 11) is 0. The second-order valence-electron chi connectivity index (χ2n) is 2.70. The number of hydrogen-bond donors (Lipinski definition) is 0. The topological polar surface area (TPSA) is 29.0 Å². The van der Waals surface area contributed by atoms with Crippen molar-refractivity contribution in [2.24, 2.45) is 0 Å². The fourth-order valence-electron chi connectivity index (χ4n) is 1.19. The van der Waals surface area contributed by atoms with Crippen LogP contribution in [0, 0.1) is 0 Å². The zero-order valence-electron chi connectivity index (χ0n) is 6.70. The summed E-state index contributed by atoms with van der Waals surface area (Å²) < 4.78 is 0.813. The second-order valence-corrected chi connectivity index (χ2v) is 5.42. The van der Waals surface area contributed by atoms with Gasteiger partial charge in [0.2, 0.25) is 5.13 Å². The van der Waals surface area contributed by atoms with Crippen molar-refractivity contribution >= 4 is 44.0 Å². The molecule has 70 valence electrons. The minimum Gasteiger partial charge on any atom is -0.341 e. The first-order valence-corrected chi connectivity index (χ1v) is 5.83. The van der Waals surface area contributed by atoms with Crippen molar-refractivity contribution < 1.29 is 0 Å². The number of anilines is 1. The van der Waals surface area contributed by atoms with Crippen LogP contribution >= 0.6 is 38.9 Å². The maximum Gasteiger partial charge on any atom is 0.209 e. The van der Waals surface area contributed by atoms with E-state index < -0.39 is 0 Å². The fourth-order valence-corrected chi connectivity index (χ4v) is 2.56. The molecule has 1 aliphatic heterocycles. The Balaban J connectivity index is 2.14. The Bertz CT molecular complexity index is 338. The van der Waals surface area contributed by atoms with Gasteiger partial charge in [0.15, 0.2) is 3.92 Å². The summed E-state index contributed by atoms with van der Waals surface area (Å²) in [5.41, 5.74) is 0. The Morgan fingerprint density at radius 3 is 3.00 bits per heavy atom. The van der Waals surface area contributed by atoms with Crippen LogP contribution in [0.2, 0.25) is 0 Å². The first-order valence-electron chi connectivity index (χ1n) is 3.84. The van der Waals surface area contributed by atoms with Gasteiger partial charge in [-0.2, -0.15) is 0 Å². The number of rotatable bonds is 1. The fraction of sp³-hybridized carbons (Fsp3) is 0.429. The molecule has 0 aromatic carbocycles. The van der Waals surface area contributed by atoms with Gasteiger partial charge >= 0.3 is 0 Å². The van der Waals surface area contributed by atoms with Gasteiger partial charge in [-0.05, 0) is 22.4 Å². The third-order valence-electron chi connectivity index (χ3n) is 1.77. The molecular weight excluding hydrogens is 274 g/mol. The van der Waals surface area contributed by atoms with Crippen molar-refractivity contribution in [2.75, 3.05) is 18.0 Å². The molecule has 13 heavy (non-hydrogen) atoms. The number of halogens is 2. The first-order chi connectivity index (χ1) is 6.25. The van der Waals surface area contributed by atoms with Gasteiger partial charge in [0, 0.05) is 11.6 Å². The average molecular weight is 281 g/mol. The molecule has 0 bridgehead atoms. The van der Waals surface area contributed by atoms with Gasteiger partial charge in [-0.25, -0.2) is 0 Å². The van der Waals surface area contributed by atoms with Gasteiger partial charge in [0.25, 0.3) is 0 Å². The minimum absolute atomic E-state index is 0.753. The van der Waals surface area contributed by atoms with E-state index in [-0.39, 0.29) is 0 Å². The van der Waals surface area contributed by atoms with Crippen LogP contribution in [0.4, 0.5) is 5.13 Å². The Morgan fingerprint density at radius 2 is 2.38 bits per heavy atom. The highest BCUT2D eigenvalue weighted by Crippen LogP contribution is 2.27. The van der Waals surface area contributed by atoms with Gasteiger partial charge in [0.05, 0.1) is 6.54 Å². The predicted octanol–water partition coefficient (Wildman–Crippen LogP) is 2.63. The van der Waals surface area contributed by atoms with E-state index in [0.29, 0.717) is 0 Å². The van der Waals surface area contributed by atoms with E-state index >= 15 is 0 Å². The molecule has 0 amide bonds. The molecule has 2 heterocycles. The van der Waals surface area contributed by atoms with E-state index in [4.69, 9.17) is 11.6 Å². The molecule has 2 rings (SSSR count). The van der Waals surface area contributed by atoms with E-state index in [9.17, 15) is 0 Å². The van der Waals surface area contributed by atoms with E-state index in [0.717, 1.165) is 33.6 Å². The highest BCUT2D eigenvalue weighted by molar-refractivity contribution is 9.11. The lowest BCUT2D eigenvalue weighted by Crippen LogP contribution is -2.28. The minimum atomic E-state index is 0.753.